The number of unbranched alkanes of at least 4 members (excludes halogenated alkanes) is 3. The molecule has 1 unspecified atom stereocenters. The van der Waals surface area contributed by atoms with Gasteiger partial charge in [0.2, 0.25) is 0 Å². The molecule has 2 fully saturated rings. The molecule has 2 heterocycles. The van der Waals surface area contributed by atoms with Crippen LogP contribution in [0.3, 0.4) is 0 Å². The van der Waals surface area contributed by atoms with E-state index >= 15 is 0 Å². The summed E-state index contributed by atoms with van der Waals surface area (Å²) < 4.78 is 19.0. The minimum atomic E-state index is -2.89. The Morgan fingerprint density at radius 3 is 1.85 bits per heavy atom. The normalized spacial score (nSPS) is 20.0. The van der Waals surface area contributed by atoms with Gasteiger partial charge in [-0.1, -0.05) is 0 Å². The average Bonchev–Trinajstić information content (AvgIpc) is 3.62. The second-order valence-electron chi connectivity index (χ2n) is 12.1. The Morgan fingerprint density at radius 2 is 1.30 bits per heavy atom. The van der Waals surface area contributed by atoms with Crippen molar-refractivity contribution in [2.75, 3.05) is 6.54 Å². The van der Waals surface area contributed by atoms with Gasteiger partial charge in [0.1, 0.15) is 0 Å². The van der Waals surface area contributed by atoms with Gasteiger partial charge in [-0.3, -0.25) is 0 Å². The zero-order valence-corrected chi connectivity index (χ0v) is 27.9. The molecule has 0 saturated carbocycles. The van der Waals surface area contributed by atoms with Crippen LogP contribution >= 0.6 is 0 Å². The number of hydrogen-bond donors (Lipinski definition) is 1. The maximum atomic E-state index is 7.50. The van der Waals surface area contributed by atoms with E-state index in [1.54, 1.807) is 4.81 Å². The molecule has 0 spiro atoms. The second-order valence-corrected chi connectivity index (χ2v) is 23.7. The molecule has 2 saturated heterocycles. The van der Waals surface area contributed by atoms with Crippen molar-refractivity contribution in [3.05, 3.63) is 96.1 Å². The Bertz CT molecular complexity index is 1130. The average molecular weight is 645 g/mol. The first-order valence-corrected chi connectivity index (χ1v) is 23.3. The van der Waals surface area contributed by atoms with Gasteiger partial charge in [0.25, 0.3) is 0 Å². The van der Waals surface area contributed by atoms with Crippen molar-refractivity contribution in [2.45, 2.75) is 97.1 Å². The summed E-state index contributed by atoms with van der Waals surface area (Å²) in [6.07, 6.45) is 10.1. The second kappa shape index (κ2) is 13.9. The molecule has 2 aliphatic heterocycles. The Morgan fingerprint density at radius 1 is 0.775 bits per heavy atom. The van der Waals surface area contributed by atoms with Gasteiger partial charge in [-0.15, -0.1) is 0 Å². The summed E-state index contributed by atoms with van der Waals surface area (Å²) in [6.45, 7) is 8.14. The Kier molecular flexibility index (Phi) is 10.4. The van der Waals surface area contributed by atoms with Crippen LogP contribution in [-0.2, 0) is 10.3 Å². The number of hydrogen-bond acceptors (Lipinski definition) is 2. The van der Waals surface area contributed by atoms with E-state index in [-0.39, 0.29) is 7.05 Å². The predicted molar refractivity (Wildman–Crippen MR) is 171 cm³/mol. The first-order valence-electron chi connectivity index (χ1n) is 16.1. The van der Waals surface area contributed by atoms with Crippen LogP contribution in [-0.4, -0.2) is 38.4 Å². The zero-order valence-electron chi connectivity index (χ0n) is 25.0. The van der Waals surface area contributed by atoms with Crippen molar-refractivity contribution < 1.29 is 12.5 Å². The molecular weight excluding hydrogens is 596 g/mol. The third-order valence-corrected chi connectivity index (χ3v) is 22.1. The molecular formula is C35H49BNO2Sn+. The Balaban J connectivity index is 1.56. The van der Waals surface area contributed by atoms with Gasteiger partial charge in [-0.05, 0) is 0 Å². The third-order valence-electron chi connectivity index (χ3n) is 9.43. The van der Waals surface area contributed by atoms with E-state index in [0.29, 0.717) is 6.04 Å². The van der Waals surface area contributed by atoms with Crippen molar-refractivity contribution in [1.29, 1.82) is 0 Å². The molecule has 1 N–H and O–H groups in total. The predicted octanol–water partition coefficient (Wildman–Crippen LogP) is 7.13. The number of nitrogens with one attached hydrogen (secondary N) is 1. The fourth-order valence-electron chi connectivity index (χ4n) is 7.38. The number of benzene rings is 3. The molecule has 0 aliphatic carbocycles. The zero-order chi connectivity index (χ0) is 27.8. The SMILES string of the molecule is CCC[CH2][Sn]([CH2]CCC)([CH2]CCC)[O]c1ccccc1B1OC(c2ccccc2)(c2ccccc2)[C@@H]2CCC[NH+]12. The summed E-state index contributed by atoms with van der Waals surface area (Å²) in [4.78, 5) is 1.57. The molecule has 0 amide bonds. The molecule has 3 nitrogen and oxygen atoms in total. The van der Waals surface area contributed by atoms with Gasteiger partial charge in [-0.25, -0.2) is 0 Å². The van der Waals surface area contributed by atoms with Crippen molar-refractivity contribution >= 4 is 31.3 Å². The van der Waals surface area contributed by atoms with E-state index < -0.39 is 24.4 Å². The van der Waals surface area contributed by atoms with Gasteiger partial charge in [0, 0.05) is 0 Å². The van der Waals surface area contributed by atoms with E-state index in [1.165, 1.54) is 81.3 Å². The molecule has 0 bridgehead atoms. The molecule has 5 rings (SSSR count). The van der Waals surface area contributed by atoms with Gasteiger partial charge in [0.05, 0.1) is 0 Å². The molecule has 0 aromatic heterocycles. The number of fused-ring (bicyclic) bond motifs is 1. The van der Waals surface area contributed by atoms with Crippen molar-refractivity contribution in [1.82, 2.24) is 0 Å². The molecule has 5 heteroatoms. The molecule has 40 heavy (non-hydrogen) atoms. The van der Waals surface area contributed by atoms with Crippen molar-refractivity contribution in [2.24, 2.45) is 0 Å². The summed E-state index contributed by atoms with van der Waals surface area (Å²) in [5.41, 5.74) is 3.35. The van der Waals surface area contributed by atoms with Crippen LogP contribution in [0.25, 0.3) is 0 Å². The number of rotatable bonds is 14. The number of quaternary nitrogens is 1. The minimum absolute atomic E-state index is 0.0309. The van der Waals surface area contributed by atoms with E-state index in [9.17, 15) is 0 Å². The van der Waals surface area contributed by atoms with E-state index in [0.717, 1.165) is 12.3 Å². The molecule has 2 aliphatic rings. The molecule has 0 radical (unpaired) electrons. The monoisotopic (exact) mass is 646 g/mol. The first-order chi connectivity index (χ1) is 19.7. The van der Waals surface area contributed by atoms with E-state index in [4.69, 9.17) is 7.73 Å². The van der Waals surface area contributed by atoms with Gasteiger partial charge in [-0.2, -0.15) is 0 Å². The van der Waals surface area contributed by atoms with Gasteiger partial charge in [0.15, 0.2) is 0 Å². The summed E-state index contributed by atoms with van der Waals surface area (Å²) in [5.74, 6) is 1.13. The molecule has 212 valence electrons. The molecule has 3 aromatic carbocycles. The molecule has 2 atom stereocenters. The van der Waals surface area contributed by atoms with Gasteiger partial charge >= 0.3 is 249 Å². The van der Waals surface area contributed by atoms with E-state index in [2.05, 4.69) is 106 Å². The van der Waals surface area contributed by atoms with E-state index in [1.807, 2.05) is 0 Å². The van der Waals surface area contributed by atoms with Crippen LogP contribution in [0, 0.1) is 0 Å². The third kappa shape index (κ3) is 6.05. The fraction of sp³-hybridized carbons (Fsp3) is 0.486. The van der Waals surface area contributed by atoms with Crippen molar-refractivity contribution in [3.63, 3.8) is 0 Å². The van der Waals surface area contributed by atoms with Crippen LogP contribution in [0.1, 0.15) is 83.3 Å². The van der Waals surface area contributed by atoms with Crippen LogP contribution in [0.2, 0.25) is 13.3 Å². The van der Waals surface area contributed by atoms with Crippen LogP contribution in [0.15, 0.2) is 84.9 Å². The number of para-hydroxylation sites is 1. The standard InChI is InChI=1S/C23H22BNO2.3C4H9.Sn/c26-21-15-8-7-14-20(21)24-25-17-9-16-22(25)23(27-24,18-10-3-1-4-11-18)19-12-5-2-6-13-19;3*1-3-4-2;/h1-8,10-15,22,26H,9,16-17H2;3*1,3-4H2,2H3;/q;;;;+1/t22-;;;;/m0..../s1. The Hall–Kier alpha value is -1.76. The summed E-state index contributed by atoms with van der Waals surface area (Å²) in [7, 11) is -0.0309. The fourth-order valence-corrected chi connectivity index (χ4v) is 20.8. The molecule has 3 aromatic rings. The topological polar surface area (TPSA) is 22.9 Å². The van der Waals surface area contributed by atoms with Gasteiger partial charge < -0.3 is 0 Å². The van der Waals surface area contributed by atoms with Crippen LogP contribution in [0.4, 0.5) is 0 Å². The first kappa shape index (κ1) is 29.7. The van der Waals surface area contributed by atoms with Crippen LogP contribution < -0.4 is 13.3 Å². The van der Waals surface area contributed by atoms with Crippen molar-refractivity contribution in [3.8, 4) is 5.75 Å². The summed E-state index contributed by atoms with van der Waals surface area (Å²) in [6, 6.07) is 31.3. The maximum absolute atomic E-state index is 7.50. The summed E-state index contributed by atoms with van der Waals surface area (Å²) >= 11 is -2.89. The quantitative estimate of drug-likeness (QED) is 0.189. The Labute approximate surface area is 248 Å². The van der Waals surface area contributed by atoms with Crippen LogP contribution in [0.5, 0.6) is 5.75 Å². The summed E-state index contributed by atoms with van der Waals surface area (Å²) in [5, 5.41) is 0.